The van der Waals surface area contributed by atoms with E-state index in [2.05, 4.69) is 5.32 Å². The summed E-state index contributed by atoms with van der Waals surface area (Å²) in [6.45, 7) is 1.42. The second-order valence-corrected chi connectivity index (χ2v) is 6.03. The van der Waals surface area contributed by atoms with Crippen LogP contribution in [0.2, 0.25) is 0 Å². The van der Waals surface area contributed by atoms with Gasteiger partial charge in [0.1, 0.15) is 0 Å². The molecule has 0 saturated heterocycles. The SMILES string of the molecule is Cc1ccc([N+](=O)[O-])c(OCC(=O)Nc2ccccc2SCC#N)c1. The molecule has 0 heterocycles. The molecule has 0 aromatic heterocycles. The van der Waals surface area contributed by atoms with Crippen molar-refractivity contribution in [2.45, 2.75) is 11.8 Å². The largest absolute Gasteiger partial charge is 0.477 e. The van der Waals surface area contributed by atoms with Crippen LogP contribution in [0, 0.1) is 28.4 Å². The van der Waals surface area contributed by atoms with Crippen LogP contribution in [-0.2, 0) is 4.79 Å². The van der Waals surface area contributed by atoms with Crippen molar-refractivity contribution >= 4 is 29.0 Å². The predicted octanol–water partition coefficient (Wildman–Crippen LogP) is 3.54. The molecule has 0 unspecified atom stereocenters. The number of carbonyl (C=O) groups is 1. The number of anilines is 1. The molecule has 1 amide bonds. The number of nitro groups is 1. The van der Waals surface area contributed by atoms with E-state index in [-0.39, 0.29) is 23.8 Å². The van der Waals surface area contributed by atoms with E-state index in [4.69, 9.17) is 10.00 Å². The maximum absolute atomic E-state index is 12.1. The van der Waals surface area contributed by atoms with Crippen LogP contribution in [0.25, 0.3) is 0 Å². The summed E-state index contributed by atoms with van der Waals surface area (Å²) in [6.07, 6.45) is 0. The smallest absolute Gasteiger partial charge is 0.310 e. The monoisotopic (exact) mass is 357 g/mol. The predicted molar refractivity (Wildman–Crippen MR) is 94.7 cm³/mol. The number of hydrogen-bond acceptors (Lipinski definition) is 6. The number of ether oxygens (including phenoxy) is 1. The number of para-hydroxylation sites is 1. The molecule has 7 nitrogen and oxygen atoms in total. The van der Waals surface area contributed by atoms with Gasteiger partial charge in [-0.3, -0.25) is 14.9 Å². The number of amides is 1. The van der Waals surface area contributed by atoms with Gasteiger partial charge in [-0.05, 0) is 30.7 Å². The van der Waals surface area contributed by atoms with Crippen LogP contribution in [0.15, 0.2) is 47.4 Å². The Labute approximate surface area is 148 Å². The molecule has 25 heavy (non-hydrogen) atoms. The second-order valence-electron chi connectivity index (χ2n) is 5.01. The zero-order chi connectivity index (χ0) is 18.2. The average Bonchev–Trinajstić information content (AvgIpc) is 2.59. The van der Waals surface area contributed by atoms with Gasteiger partial charge in [0.15, 0.2) is 12.4 Å². The van der Waals surface area contributed by atoms with Gasteiger partial charge in [-0.2, -0.15) is 5.26 Å². The van der Waals surface area contributed by atoms with Gasteiger partial charge in [-0.25, -0.2) is 0 Å². The lowest BCUT2D eigenvalue weighted by Crippen LogP contribution is -2.20. The van der Waals surface area contributed by atoms with Crippen molar-refractivity contribution in [3.05, 3.63) is 58.1 Å². The van der Waals surface area contributed by atoms with Crippen molar-refractivity contribution < 1.29 is 14.5 Å². The molecule has 2 rings (SSSR count). The fourth-order valence-electron chi connectivity index (χ4n) is 2.02. The van der Waals surface area contributed by atoms with Gasteiger partial charge in [0.05, 0.1) is 22.4 Å². The number of carbonyl (C=O) groups excluding carboxylic acids is 1. The Morgan fingerprint density at radius 1 is 1.36 bits per heavy atom. The molecule has 0 aliphatic heterocycles. The van der Waals surface area contributed by atoms with E-state index in [0.29, 0.717) is 5.69 Å². The van der Waals surface area contributed by atoms with Gasteiger partial charge < -0.3 is 10.1 Å². The van der Waals surface area contributed by atoms with Crippen LogP contribution in [0.4, 0.5) is 11.4 Å². The third kappa shape index (κ3) is 5.22. The number of rotatable bonds is 7. The fraction of sp³-hybridized carbons (Fsp3) is 0.176. The summed E-state index contributed by atoms with van der Waals surface area (Å²) in [4.78, 5) is 23.3. The summed E-state index contributed by atoms with van der Waals surface area (Å²) in [5, 5.41) is 22.4. The van der Waals surface area contributed by atoms with Gasteiger partial charge in [0, 0.05) is 11.0 Å². The Morgan fingerprint density at radius 3 is 2.84 bits per heavy atom. The van der Waals surface area contributed by atoms with Crippen molar-refractivity contribution in [1.82, 2.24) is 0 Å². The first kappa shape index (κ1) is 18.3. The Morgan fingerprint density at radius 2 is 2.12 bits per heavy atom. The maximum Gasteiger partial charge on any atom is 0.310 e. The van der Waals surface area contributed by atoms with Gasteiger partial charge in [-0.1, -0.05) is 18.2 Å². The van der Waals surface area contributed by atoms with Crippen molar-refractivity contribution in [2.24, 2.45) is 0 Å². The highest BCUT2D eigenvalue weighted by molar-refractivity contribution is 7.99. The molecule has 2 aromatic rings. The molecule has 1 N–H and O–H groups in total. The average molecular weight is 357 g/mol. The summed E-state index contributed by atoms with van der Waals surface area (Å²) in [5.74, 6) is -0.133. The lowest BCUT2D eigenvalue weighted by atomic mass is 10.2. The molecule has 8 heteroatoms. The summed E-state index contributed by atoms with van der Waals surface area (Å²) >= 11 is 1.31. The van der Waals surface area contributed by atoms with Crippen LogP contribution >= 0.6 is 11.8 Å². The molecule has 0 saturated carbocycles. The normalized spacial score (nSPS) is 9.92. The number of benzene rings is 2. The van der Waals surface area contributed by atoms with Gasteiger partial charge in [0.2, 0.25) is 0 Å². The Kier molecular flexibility index (Phi) is 6.37. The van der Waals surface area contributed by atoms with Crippen LogP contribution in [0.1, 0.15) is 5.56 Å². The first-order chi connectivity index (χ1) is 12.0. The quantitative estimate of drug-likeness (QED) is 0.461. The third-order valence-electron chi connectivity index (χ3n) is 3.12. The van der Waals surface area contributed by atoms with E-state index in [1.54, 1.807) is 31.2 Å². The van der Waals surface area contributed by atoms with Crippen molar-refractivity contribution in [1.29, 1.82) is 5.26 Å². The number of aryl methyl sites for hydroxylation is 1. The van der Waals surface area contributed by atoms with Gasteiger partial charge in [0.25, 0.3) is 5.91 Å². The molecule has 2 aromatic carbocycles. The molecule has 0 spiro atoms. The molecular weight excluding hydrogens is 342 g/mol. The van der Waals surface area contributed by atoms with E-state index in [0.717, 1.165) is 10.5 Å². The number of thioether (sulfide) groups is 1. The first-order valence-electron chi connectivity index (χ1n) is 7.27. The molecule has 0 aliphatic carbocycles. The highest BCUT2D eigenvalue weighted by atomic mass is 32.2. The summed E-state index contributed by atoms with van der Waals surface area (Å²) in [6, 6.07) is 13.6. The zero-order valence-corrected chi connectivity index (χ0v) is 14.2. The number of nitriles is 1. The number of nitrogens with zero attached hydrogens (tertiary/aromatic N) is 2. The van der Waals surface area contributed by atoms with Gasteiger partial charge >= 0.3 is 5.69 Å². The van der Waals surface area contributed by atoms with Crippen LogP contribution in [0.3, 0.4) is 0 Å². The first-order valence-corrected chi connectivity index (χ1v) is 8.26. The highest BCUT2D eigenvalue weighted by Gasteiger charge is 2.16. The number of nitro benzene ring substituents is 1. The van der Waals surface area contributed by atoms with Crippen LogP contribution < -0.4 is 10.1 Å². The van der Waals surface area contributed by atoms with E-state index in [1.165, 1.54) is 23.9 Å². The summed E-state index contributed by atoms with van der Waals surface area (Å²) in [7, 11) is 0. The van der Waals surface area contributed by atoms with E-state index in [1.807, 2.05) is 12.1 Å². The zero-order valence-electron chi connectivity index (χ0n) is 13.4. The van der Waals surface area contributed by atoms with Crippen LogP contribution in [-0.4, -0.2) is 23.2 Å². The van der Waals surface area contributed by atoms with Gasteiger partial charge in [-0.15, -0.1) is 11.8 Å². The molecular formula is C17H15N3O4S. The second kappa shape index (κ2) is 8.70. The minimum Gasteiger partial charge on any atom is -0.477 e. The van der Waals surface area contributed by atoms with Crippen molar-refractivity contribution in [2.75, 3.05) is 17.7 Å². The lowest BCUT2D eigenvalue weighted by Gasteiger charge is -2.11. The topological polar surface area (TPSA) is 105 Å². The Balaban J connectivity index is 2.04. The summed E-state index contributed by atoms with van der Waals surface area (Å²) < 4.78 is 5.32. The van der Waals surface area contributed by atoms with E-state index in [9.17, 15) is 14.9 Å². The highest BCUT2D eigenvalue weighted by Crippen LogP contribution is 2.28. The maximum atomic E-state index is 12.1. The van der Waals surface area contributed by atoms with E-state index < -0.39 is 10.8 Å². The molecule has 0 aliphatic rings. The van der Waals surface area contributed by atoms with E-state index >= 15 is 0 Å². The Hall–Kier alpha value is -3.05. The standard InChI is InChI=1S/C17H15N3O4S/c1-12-6-7-14(20(22)23)15(10-12)24-11-17(21)19-13-4-2-3-5-16(13)25-9-8-18/h2-7,10H,9,11H2,1H3,(H,19,21). The lowest BCUT2D eigenvalue weighted by molar-refractivity contribution is -0.385. The Bertz CT molecular complexity index is 833. The molecule has 128 valence electrons. The number of hydrogen-bond donors (Lipinski definition) is 1. The van der Waals surface area contributed by atoms with Crippen LogP contribution in [0.5, 0.6) is 5.75 Å². The summed E-state index contributed by atoms with van der Waals surface area (Å²) in [5.41, 5.74) is 1.16. The molecule has 0 atom stereocenters. The fourth-order valence-corrected chi connectivity index (χ4v) is 2.69. The minimum absolute atomic E-state index is 0.0484. The van der Waals surface area contributed by atoms with Crippen molar-refractivity contribution in [3.8, 4) is 11.8 Å². The molecule has 0 radical (unpaired) electrons. The molecule has 0 bridgehead atoms. The minimum atomic E-state index is -0.555. The third-order valence-corrected chi connectivity index (χ3v) is 4.06. The molecule has 0 fully saturated rings. The number of nitrogens with one attached hydrogen (secondary N) is 1. The van der Waals surface area contributed by atoms with Crippen molar-refractivity contribution in [3.63, 3.8) is 0 Å².